The Morgan fingerprint density at radius 1 is 1.56 bits per heavy atom. The zero-order valence-corrected chi connectivity index (χ0v) is 11.2. The normalized spacial score (nSPS) is 11.9. The van der Waals surface area contributed by atoms with E-state index in [1.807, 2.05) is 0 Å². The van der Waals surface area contributed by atoms with E-state index in [1.165, 1.54) is 18.7 Å². The minimum atomic E-state index is -3.95. The van der Waals surface area contributed by atoms with Crippen molar-refractivity contribution in [2.24, 2.45) is 7.05 Å². The highest BCUT2D eigenvalue weighted by atomic mass is 35.7. The summed E-state index contributed by atoms with van der Waals surface area (Å²) in [5.41, 5.74) is -0.0302. The third-order valence-corrected chi connectivity index (χ3v) is 3.56. The number of alkyl halides is 2. The van der Waals surface area contributed by atoms with Gasteiger partial charge >= 0.3 is 0 Å². The molecule has 0 saturated carbocycles. The van der Waals surface area contributed by atoms with E-state index in [0.717, 1.165) is 17.2 Å². The van der Waals surface area contributed by atoms with Crippen LogP contribution in [-0.4, -0.2) is 43.8 Å². The Kier molecular flexibility index (Phi) is 4.33. The molecule has 0 aromatic carbocycles. The van der Waals surface area contributed by atoms with Gasteiger partial charge in [-0.15, -0.1) is 0 Å². The summed E-state index contributed by atoms with van der Waals surface area (Å²) in [4.78, 5) is 12.3. The van der Waals surface area contributed by atoms with E-state index >= 15 is 0 Å². The molecule has 0 fully saturated rings. The summed E-state index contributed by atoms with van der Waals surface area (Å²) in [6.45, 7) is -0.729. The standard InChI is InChI=1S/C9H11ClF2N2O3S/c1-13-4-6(18(10,16)17)3-7(13)9(15)14(2)5-8(11)12/h3-4,8H,5H2,1-2H3. The molecular formula is C9H11ClF2N2O3S. The average molecular weight is 301 g/mol. The van der Waals surface area contributed by atoms with Gasteiger partial charge in [-0.2, -0.15) is 0 Å². The quantitative estimate of drug-likeness (QED) is 0.787. The summed E-state index contributed by atoms with van der Waals surface area (Å²) < 4.78 is 47.7. The van der Waals surface area contributed by atoms with Gasteiger partial charge in [-0.1, -0.05) is 0 Å². The summed E-state index contributed by atoms with van der Waals surface area (Å²) in [7, 11) is 3.80. The third kappa shape index (κ3) is 3.42. The Bertz CT molecular complexity index is 556. The molecule has 0 aliphatic carbocycles. The van der Waals surface area contributed by atoms with Crippen molar-refractivity contribution >= 4 is 25.6 Å². The molecule has 0 spiro atoms. The van der Waals surface area contributed by atoms with Crippen molar-refractivity contribution in [1.82, 2.24) is 9.47 Å². The van der Waals surface area contributed by atoms with Crippen molar-refractivity contribution < 1.29 is 22.0 Å². The van der Waals surface area contributed by atoms with Crippen molar-refractivity contribution in [3.05, 3.63) is 18.0 Å². The van der Waals surface area contributed by atoms with Gasteiger partial charge in [-0.25, -0.2) is 17.2 Å². The first-order valence-corrected chi connectivity index (χ1v) is 7.08. The van der Waals surface area contributed by atoms with Crippen LogP contribution in [-0.2, 0) is 16.1 Å². The minimum absolute atomic E-state index is 0.0302. The maximum absolute atomic E-state index is 12.1. The van der Waals surface area contributed by atoms with Crippen molar-refractivity contribution in [2.45, 2.75) is 11.3 Å². The number of halogens is 3. The number of amides is 1. The van der Waals surface area contributed by atoms with Gasteiger partial charge in [-0.05, 0) is 6.07 Å². The molecule has 1 aromatic heterocycles. The van der Waals surface area contributed by atoms with Crippen LogP contribution in [0.4, 0.5) is 8.78 Å². The lowest BCUT2D eigenvalue weighted by Crippen LogP contribution is -2.32. The molecule has 18 heavy (non-hydrogen) atoms. The highest BCUT2D eigenvalue weighted by Gasteiger charge is 2.22. The van der Waals surface area contributed by atoms with Crippen LogP contribution in [0.2, 0.25) is 0 Å². The molecule has 0 saturated heterocycles. The predicted molar refractivity (Wildman–Crippen MR) is 61.4 cm³/mol. The van der Waals surface area contributed by atoms with E-state index in [-0.39, 0.29) is 10.6 Å². The molecule has 0 aliphatic rings. The van der Waals surface area contributed by atoms with E-state index in [1.54, 1.807) is 0 Å². The van der Waals surface area contributed by atoms with Crippen LogP contribution in [0.15, 0.2) is 17.2 Å². The number of aryl methyl sites for hydroxylation is 1. The fraction of sp³-hybridized carbons (Fsp3) is 0.444. The number of hydrogen-bond donors (Lipinski definition) is 0. The summed E-state index contributed by atoms with van der Waals surface area (Å²) in [6.07, 6.45) is -1.51. The molecule has 0 bridgehead atoms. The Hall–Kier alpha value is -1.15. The smallest absolute Gasteiger partial charge is 0.270 e. The van der Waals surface area contributed by atoms with E-state index < -0.39 is 27.9 Å². The van der Waals surface area contributed by atoms with Crippen LogP contribution in [0.5, 0.6) is 0 Å². The fourth-order valence-electron chi connectivity index (χ4n) is 1.37. The van der Waals surface area contributed by atoms with Crippen LogP contribution >= 0.6 is 10.7 Å². The SMILES string of the molecule is CN(CC(F)F)C(=O)c1cc(S(=O)(=O)Cl)cn1C. The molecule has 0 aliphatic heterocycles. The minimum Gasteiger partial charge on any atom is -0.345 e. The third-order valence-electron chi connectivity index (χ3n) is 2.24. The van der Waals surface area contributed by atoms with Gasteiger partial charge in [0.05, 0.1) is 6.54 Å². The Morgan fingerprint density at radius 2 is 2.11 bits per heavy atom. The number of carbonyl (C=O) groups is 1. The van der Waals surface area contributed by atoms with Crippen LogP contribution in [0, 0.1) is 0 Å². The highest BCUT2D eigenvalue weighted by Crippen LogP contribution is 2.18. The molecule has 5 nitrogen and oxygen atoms in total. The first kappa shape index (κ1) is 14.9. The van der Waals surface area contributed by atoms with Crippen LogP contribution in [0.3, 0.4) is 0 Å². The maximum atomic E-state index is 12.1. The second-order valence-corrected chi connectivity index (χ2v) is 6.25. The topological polar surface area (TPSA) is 59.4 Å². The average Bonchev–Trinajstić information content (AvgIpc) is 2.57. The molecule has 0 unspecified atom stereocenters. The van der Waals surface area contributed by atoms with Crippen molar-refractivity contribution in [3.8, 4) is 0 Å². The second kappa shape index (κ2) is 5.23. The van der Waals surface area contributed by atoms with E-state index in [0.29, 0.717) is 0 Å². The van der Waals surface area contributed by atoms with Gasteiger partial charge in [0.1, 0.15) is 10.6 Å². The van der Waals surface area contributed by atoms with E-state index in [4.69, 9.17) is 10.7 Å². The fourth-order valence-corrected chi connectivity index (χ4v) is 2.16. The molecule has 0 atom stereocenters. The van der Waals surface area contributed by atoms with Gasteiger partial charge in [0.15, 0.2) is 0 Å². The van der Waals surface area contributed by atoms with Gasteiger partial charge < -0.3 is 9.47 Å². The molecule has 102 valence electrons. The van der Waals surface area contributed by atoms with Crippen molar-refractivity contribution in [3.63, 3.8) is 0 Å². The summed E-state index contributed by atoms with van der Waals surface area (Å²) in [5.74, 6) is -0.704. The van der Waals surface area contributed by atoms with Gasteiger partial charge in [0.2, 0.25) is 0 Å². The summed E-state index contributed by atoms with van der Waals surface area (Å²) in [5, 5.41) is 0. The van der Waals surface area contributed by atoms with Crippen LogP contribution < -0.4 is 0 Å². The lowest BCUT2D eigenvalue weighted by molar-refractivity contribution is 0.0612. The zero-order valence-electron chi connectivity index (χ0n) is 9.60. The molecule has 1 rings (SSSR count). The van der Waals surface area contributed by atoms with Gasteiger partial charge in [-0.3, -0.25) is 4.79 Å². The number of hydrogen-bond acceptors (Lipinski definition) is 3. The maximum Gasteiger partial charge on any atom is 0.270 e. The molecule has 9 heteroatoms. The molecule has 1 amide bonds. The number of aromatic nitrogens is 1. The van der Waals surface area contributed by atoms with Crippen molar-refractivity contribution in [1.29, 1.82) is 0 Å². The van der Waals surface area contributed by atoms with Crippen LogP contribution in [0.25, 0.3) is 0 Å². The van der Waals surface area contributed by atoms with E-state index in [9.17, 15) is 22.0 Å². The lowest BCUT2D eigenvalue weighted by atomic mass is 10.3. The molecule has 1 aromatic rings. The Labute approximate surface area is 107 Å². The van der Waals surface area contributed by atoms with Crippen LogP contribution in [0.1, 0.15) is 10.5 Å². The number of rotatable bonds is 4. The van der Waals surface area contributed by atoms with Gasteiger partial charge in [0.25, 0.3) is 21.4 Å². The monoisotopic (exact) mass is 300 g/mol. The highest BCUT2D eigenvalue weighted by molar-refractivity contribution is 8.13. The first-order valence-electron chi connectivity index (χ1n) is 4.77. The Balaban J connectivity index is 3.04. The Morgan fingerprint density at radius 3 is 2.50 bits per heavy atom. The second-order valence-electron chi connectivity index (χ2n) is 3.69. The van der Waals surface area contributed by atoms with Gasteiger partial charge in [0, 0.05) is 31.0 Å². The molecule has 1 heterocycles. The summed E-state index contributed by atoms with van der Waals surface area (Å²) >= 11 is 0. The number of carbonyl (C=O) groups excluding carboxylic acids is 1. The zero-order chi connectivity index (χ0) is 14.1. The molecule has 0 radical (unpaired) electrons. The van der Waals surface area contributed by atoms with E-state index in [2.05, 4.69) is 0 Å². The molecular weight excluding hydrogens is 290 g/mol. The first-order chi connectivity index (χ1) is 8.12. The summed E-state index contributed by atoms with van der Waals surface area (Å²) in [6, 6.07) is 1.05. The number of nitrogens with zero attached hydrogens (tertiary/aromatic N) is 2. The molecule has 0 N–H and O–H groups in total. The lowest BCUT2D eigenvalue weighted by Gasteiger charge is -2.16. The largest absolute Gasteiger partial charge is 0.345 e. The van der Waals surface area contributed by atoms with Crippen molar-refractivity contribution in [2.75, 3.05) is 13.6 Å². The predicted octanol–water partition coefficient (Wildman–Crippen LogP) is 1.29.